The molecule has 0 atom stereocenters. The van der Waals surface area contributed by atoms with Crippen LogP contribution in [-0.4, -0.2) is 16.5 Å². The van der Waals surface area contributed by atoms with E-state index in [1.807, 2.05) is 31.2 Å². The first-order valence-electron chi connectivity index (χ1n) is 7.80. The van der Waals surface area contributed by atoms with Crippen LogP contribution in [0.1, 0.15) is 17.1 Å². The van der Waals surface area contributed by atoms with Crippen molar-refractivity contribution in [3.63, 3.8) is 0 Å². The topological polar surface area (TPSA) is 63.0 Å². The zero-order valence-electron chi connectivity index (χ0n) is 13.4. The van der Waals surface area contributed by atoms with Gasteiger partial charge in [0.25, 0.3) is 0 Å². The Balaban J connectivity index is 1.58. The number of hydrogen-bond donors (Lipinski definition) is 2. The van der Waals surface area contributed by atoms with E-state index in [2.05, 4.69) is 20.6 Å². The minimum Gasteiger partial charge on any atom is -0.467 e. The molecule has 6 heteroatoms. The molecular formula is C18H19FN4O. The van der Waals surface area contributed by atoms with Crippen molar-refractivity contribution >= 4 is 11.6 Å². The zero-order valence-corrected chi connectivity index (χ0v) is 13.4. The molecule has 2 heterocycles. The van der Waals surface area contributed by atoms with Gasteiger partial charge < -0.3 is 15.1 Å². The van der Waals surface area contributed by atoms with Gasteiger partial charge in [-0.05, 0) is 37.1 Å². The normalized spacial score (nSPS) is 10.6. The average molecular weight is 326 g/mol. The first-order chi connectivity index (χ1) is 11.7. The molecule has 124 valence electrons. The third kappa shape index (κ3) is 4.32. The molecule has 0 fully saturated rings. The first kappa shape index (κ1) is 16.0. The van der Waals surface area contributed by atoms with E-state index in [1.54, 1.807) is 18.4 Å². The van der Waals surface area contributed by atoms with Gasteiger partial charge in [0.15, 0.2) is 0 Å². The summed E-state index contributed by atoms with van der Waals surface area (Å²) in [4.78, 5) is 8.70. The van der Waals surface area contributed by atoms with E-state index in [1.165, 1.54) is 6.07 Å². The molecule has 0 saturated carbocycles. The largest absolute Gasteiger partial charge is 0.467 e. The third-order valence-corrected chi connectivity index (χ3v) is 3.52. The van der Waals surface area contributed by atoms with Crippen LogP contribution in [0.3, 0.4) is 0 Å². The lowest BCUT2D eigenvalue weighted by Gasteiger charge is -2.10. The molecule has 0 bridgehead atoms. The van der Waals surface area contributed by atoms with E-state index >= 15 is 0 Å². The quantitative estimate of drug-likeness (QED) is 0.692. The molecule has 0 spiro atoms. The van der Waals surface area contributed by atoms with Gasteiger partial charge in [0.2, 0.25) is 0 Å². The number of benzene rings is 1. The second-order valence-corrected chi connectivity index (χ2v) is 5.39. The highest BCUT2D eigenvalue weighted by Gasteiger charge is 2.04. The van der Waals surface area contributed by atoms with Crippen LogP contribution >= 0.6 is 0 Å². The van der Waals surface area contributed by atoms with Crippen LogP contribution in [0.4, 0.5) is 16.0 Å². The SMILES string of the molecule is Cc1nc(NCCc2ccccc2F)cc(NCc2ccco2)n1. The molecule has 0 amide bonds. The summed E-state index contributed by atoms with van der Waals surface area (Å²) in [5.74, 6) is 2.74. The average Bonchev–Trinajstić information content (AvgIpc) is 3.08. The number of nitrogens with one attached hydrogen (secondary N) is 2. The highest BCUT2D eigenvalue weighted by atomic mass is 19.1. The Morgan fingerprint density at radius 3 is 2.58 bits per heavy atom. The molecule has 0 aliphatic carbocycles. The molecule has 2 N–H and O–H groups in total. The summed E-state index contributed by atoms with van der Waals surface area (Å²) in [5, 5.41) is 6.41. The Morgan fingerprint density at radius 1 is 1.04 bits per heavy atom. The summed E-state index contributed by atoms with van der Waals surface area (Å²) in [5.41, 5.74) is 0.687. The van der Waals surface area contributed by atoms with Crippen molar-refractivity contribution in [3.8, 4) is 0 Å². The minimum atomic E-state index is -0.182. The minimum absolute atomic E-state index is 0.182. The van der Waals surface area contributed by atoms with E-state index in [0.717, 1.165) is 5.76 Å². The second-order valence-electron chi connectivity index (χ2n) is 5.39. The molecule has 3 rings (SSSR count). The van der Waals surface area contributed by atoms with E-state index in [0.29, 0.717) is 42.5 Å². The van der Waals surface area contributed by atoms with Gasteiger partial charge in [-0.2, -0.15) is 0 Å². The fourth-order valence-corrected chi connectivity index (χ4v) is 2.37. The van der Waals surface area contributed by atoms with Crippen molar-refractivity contribution in [2.45, 2.75) is 19.9 Å². The number of anilines is 2. The number of halogens is 1. The summed E-state index contributed by atoms with van der Waals surface area (Å²) in [6.45, 7) is 2.98. The van der Waals surface area contributed by atoms with E-state index in [-0.39, 0.29) is 5.82 Å². The van der Waals surface area contributed by atoms with Crippen molar-refractivity contribution in [1.29, 1.82) is 0 Å². The second kappa shape index (κ2) is 7.59. The van der Waals surface area contributed by atoms with Crippen LogP contribution in [0.2, 0.25) is 0 Å². The van der Waals surface area contributed by atoms with Gasteiger partial charge in [-0.1, -0.05) is 18.2 Å². The molecular weight excluding hydrogens is 307 g/mol. The maximum Gasteiger partial charge on any atom is 0.132 e. The standard InChI is InChI=1S/C18H19FN4O/c1-13-22-17(20-9-8-14-5-2-3-7-16(14)19)11-18(23-13)21-12-15-6-4-10-24-15/h2-7,10-11H,8-9,12H2,1H3,(H2,20,21,22,23). The van der Waals surface area contributed by atoms with Crippen molar-refractivity contribution in [3.05, 3.63) is 71.7 Å². The van der Waals surface area contributed by atoms with Gasteiger partial charge in [-0.25, -0.2) is 14.4 Å². The van der Waals surface area contributed by atoms with Crippen LogP contribution < -0.4 is 10.6 Å². The Kier molecular flexibility index (Phi) is 5.05. The van der Waals surface area contributed by atoms with Crippen LogP contribution in [-0.2, 0) is 13.0 Å². The molecule has 2 aromatic heterocycles. The molecule has 3 aromatic rings. The lowest BCUT2D eigenvalue weighted by atomic mass is 10.1. The van der Waals surface area contributed by atoms with Crippen LogP contribution in [0.5, 0.6) is 0 Å². The molecule has 0 saturated heterocycles. The lowest BCUT2D eigenvalue weighted by Crippen LogP contribution is -2.10. The van der Waals surface area contributed by atoms with E-state index in [4.69, 9.17) is 4.42 Å². The zero-order chi connectivity index (χ0) is 16.8. The summed E-state index contributed by atoms with van der Waals surface area (Å²) in [6.07, 6.45) is 2.23. The Hall–Kier alpha value is -2.89. The first-order valence-corrected chi connectivity index (χ1v) is 7.80. The third-order valence-electron chi connectivity index (χ3n) is 3.52. The van der Waals surface area contributed by atoms with Crippen molar-refractivity contribution in [2.24, 2.45) is 0 Å². The van der Waals surface area contributed by atoms with Gasteiger partial charge in [-0.3, -0.25) is 0 Å². The van der Waals surface area contributed by atoms with Gasteiger partial charge >= 0.3 is 0 Å². The monoisotopic (exact) mass is 326 g/mol. The van der Waals surface area contributed by atoms with E-state index in [9.17, 15) is 4.39 Å². The van der Waals surface area contributed by atoms with Crippen molar-refractivity contribution in [1.82, 2.24) is 9.97 Å². The summed E-state index contributed by atoms with van der Waals surface area (Å²) in [6, 6.07) is 12.4. The predicted molar refractivity (Wildman–Crippen MR) is 91.4 cm³/mol. The molecule has 0 aliphatic heterocycles. The molecule has 1 aromatic carbocycles. The van der Waals surface area contributed by atoms with Gasteiger partial charge in [0.05, 0.1) is 12.8 Å². The maximum atomic E-state index is 13.6. The predicted octanol–water partition coefficient (Wildman–Crippen LogP) is 3.78. The highest BCUT2D eigenvalue weighted by Crippen LogP contribution is 2.13. The summed E-state index contributed by atoms with van der Waals surface area (Å²) < 4.78 is 18.9. The number of furan rings is 1. The molecule has 0 unspecified atom stereocenters. The number of aryl methyl sites for hydroxylation is 1. The summed E-state index contributed by atoms with van der Waals surface area (Å²) >= 11 is 0. The van der Waals surface area contributed by atoms with Gasteiger partial charge in [-0.15, -0.1) is 0 Å². The Bertz CT molecular complexity index is 789. The van der Waals surface area contributed by atoms with Crippen LogP contribution in [0.15, 0.2) is 53.1 Å². The number of hydrogen-bond acceptors (Lipinski definition) is 5. The fourth-order valence-electron chi connectivity index (χ4n) is 2.37. The van der Waals surface area contributed by atoms with Crippen molar-refractivity contribution < 1.29 is 8.81 Å². The Labute approximate surface area is 140 Å². The maximum absolute atomic E-state index is 13.6. The number of rotatable bonds is 7. The molecule has 0 aliphatic rings. The van der Waals surface area contributed by atoms with Gasteiger partial charge in [0.1, 0.15) is 29.0 Å². The van der Waals surface area contributed by atoms with Crippen LogP contribution in [0.25, 0.3) is 0 Å². The molecule has 0 radical (unpaired) electrons. The number of nitrogens with zero attached hydrogens (tertiary/aromatic N) is 2. The highest BCUT2D eigenvalue weighted by molar-refractivity contribution is 5.47. The fraction of sp³-hybridized carbons (Fsp3) is 0.222. The smallest absolute Gasteiger partial charge is 0.132 e. The van der Waals surface area contributed by atoms with Crippen molar-refractivity contribution in [2.75, 3.05) is 17.2 Å². The van der Waals surface area contributed by atoms with E-state index < -0.39 is 0 Å². The lowest BCUT2D eigenvalue weighted by molar-refractivity contribution is 0.518. The van der Waals surface area contributed by atoms with Crippen LogP contribution in [0, 0.1) is 12.7 Å². The number of aromatic nitrogens is 2. The summed E-state index contributed by atoms with van der Waals surface area (Å²) in [7, 11) is 0. The van der Waals surface area contributed by atoms with Gasteiger partial charge in [0, 0.05) is 12.6 Å². The Morgan fingerprint density at radius 2 is 1.83 bits per heavy atom. The molecule has 24 heavy (non-hydrogen) atoms. The molecule has 5 nitrogen and oxygen atoms in total.